The summed E-state index contributed by atoms with van der Waals surface area (Å²) in [6.07, 6.45) is 0.0911. The van der Waals surface area contributed by atoms with E-state index >= 15 is 0 Å². The molecule has 0 aliphatic carbocycles. The Kier molecular flexibility index (Phi) is 7.08. The molecule has 1 heterocycles. The second kappa shape index (κ2) is 9.42. The maximum atomic E-state index is 14.1. The van der Waals surface area contributed by atoms with Crippen molar-refractivity contribution in [2.75, 3.05) is 32.1 Å². The van der Waals surface area contributed by atoms with Gasteiger partial charge in [-0.3, -0.25) is 9.69 Å². The fourth-order valence-electron chi connectivity index (χ4n) is 2.98. The molecule has 0 saturated carbocycles. The van der Waals surface area contributed by atoms with E-state index in [-0.39, 0.29) is 22.7 Å². The Morgan fingerprint density at radius 1 is 1.10 bits per heavy atom. The largest absolute Gasteiger partial charge is 0.308 e. The van der Waals surface area contributed by atoms with E-state index in [2.05, 4.69) is 4.98 Å². The number of para-hydroxylation sites is 1. The number of anilines is 1. The highest BCUT2D eigenvalue weighted by molar-refractivity contribution is 7.92. The number of thiazole rings is 1. The Labute approximate surface area is 186 Å². The van der Waals surface area contributed by atoms with E-state index in [1.54, 1.807) is 43.0 Å². The lowest BCUT2D eigenvalue weighted by Crippen LogP contribution is -2.37. The van der Waals surface area contributed by atoms with Crippen molar-refractivity contribution in [3.8, 4) is 0 Å². The molecule has 9 heteroatoms. The highest BCUT2D eigenvalue weighted by Gasteiger charge is 2.22. The smallest absolute Gasteiger partial charge is 0.233 e. The third-order valence-corrected chi connectivity index (χ3v) is 8.10. The molecule has 0 aliphatic heterocycles. The molecule has 0 N–H and O–H groups in total. The van der Waals surface area contributed by atoms with E-state index < -0.39 is 20.9 Å². The molecule has 3 rings (SSSR count). The van der Waals surface area contributed by atoms with Gasteiger partial charge in [0, 0.05) is 13.1 Å². The Hall–Kier alpha value is -2.36. The van der Waals surface area contributed by atoms with Crippen LogP contribution in [0.3, 0.4) is 0 Å². The molecule has 0 unspecified atom stereocenters. The van der Waals surface area contributed by atoms with Crippen molar-refractivity contribution < 1.29 is 17.6 Å². The molecule has 1 aromatic heterocycles. The number of sulfone groups is 1. The average molecular weight is 464 g/mol. The first-order valence-electron chi connectivity index (χ1n) is 9.92. The number of nitrogens with zero attached hydrogens (tertiary/aromatic N) is 3. The molecule has 1 amide bonds. The summed E-state index contributed by atoms with van der Waals surface area (Å²) < 4.78 is 39.4. The molecule has 0 radical (unpaired) electrons. The van der Waals surface area contributed by atoms with Crippen LogP contribution in [0.4, 0.5) is 9.52 Å². The lowest BCUT2D eigenvalue weighted by Gasteiger charge is -2.22. The maximum Gasteiger partial charge on any atom is 0.233 e. The second-order valence-electron chi connectivity index (χ2n) is 7.85. The van der Waals surface area contributed by atoms with Crippen LogP contribution in [0.1, 0.15) is 19.4 Å². The summed E-state index contributed by atoms with van der Waals surface area (Å²) >= 11 is 1.28. The van der Waals surface area contributed by atoms with Crippen LogP contribution in [0, 0.1) is 5.82 Å². The van der Waals surface area contributed by atoms with Gasteiger partial charge in [0.2, 0.25) is 5.91 Å². The number of likely N-dealkylation sites (N-methyl/N-ethyl adjacent to an activating group) is 1. The second-order valence-corrected chi connectivity index (χ2v) is 11.4. The molecule has 0 bridgehead atoms. The topological polar surface area (TPSA) is 70.6 Å². The van der Waals surface area contributed by atoms with Crippen LogP contribution < -0.4 is 4.90 Å². The SMILES string of the molecule is CC(C)S(=O)(=O)c1ccc(CC(=O)N(CCN(C)C)c2nc3c(F)cccc3s2)cc1. The van der Waals surface area contributed by atoms with Gasteiger partial charge in [-0.25, -0.2) is 17.8 Å². The van der Waals surface area contributed by atoms with Gasteiger partial charge in [-0.05, 0) is 57.8 Å². The van der Waals surface area contributed by atoms with E-state index in [1.165, 1.54) is 29.5 Å². The predicted octanol–water partition coefficient (Wildman–Crippen LogP) is 3.75. The fraction of sp³-hybridized carbons (Fsp3) is 0.364. The molecule has 3 aromatic rings. The first kappa shape index (κ1) is 23.3. The van der Waals surface area contributed by atoms with Gasteiger partial charge in [-0.15, -0.1) is 0 Å². The van der Waals surface area contributed by atoms with Crippen molar-refractivity contribution >= 4 is 42.4 Å². The molecule has 0 aliphatic rings. The number of hydrogen-bond acceptors (Lipinski definition) is 6. The third-order valence-electron chi connectivity index (χ3n) is 4.89. The number of amides is 1. The van der Waals surface area contributed by atoms with E-state index in [9.17, 15) is 17.6 Å². The number of benzene rings is 2. The van der Waals surface area contributed by atoms with Crippen molar-refractivity contribution in [1.82, 2.24) is 9.88 Å². The standard InChI is InChI=1S/C22H26FN3O3S2/c1-15(2)31(28,29)17-10-8-16(9-11-17)14-20(27)26(13-12-25(3)4)22-24-21-18(23)6-5-7-19(21)30-22/h5-11,15H,12-14H2,1-4H3. The summed E-state index contributed by atoms with van der Waals surface area (Å²) in [4.78, 5) is 21.3. The van der Waals surface area contributed by atoms with Crippen LogP contribution in [0.25, 0.3) is 10.2 Å². The molecular formula is C22H26FN3O3S2. The Morgan fingerprint density at radius 2 is 1.77 bits per heavy atom. The van der Waals surface area contributed by atoms with Crippen LogP contribution in [-0.4, -0.2) is 56.6 Å². The van der Waals surface area contributed by atoms with Crippen molar-refractivity contribution in [3.05, 3.63) is 53.8 Å². The van der Waals surface area contributed by atoms with Gasteiger partial charge in [0.1, 0.15) is 11.3 Å². The van der Waals surface area contributed by atoms with Gasteiger partial charge in [-0.2, -0.15) is 0 Å². The third kappa shape index (κ3) is 5.28. The van der Waals surface area contributed by atoms with E-state index in [4.69, 9.17) is 0 Å². The molecule has 0 spiro atoms. The summed E-state index contributed by atoms with van der Waals surface area (Å²) in [5, 5.41) is -0.0631. The number of fused-ring (bicyclic) bond motifs is 1. The summed E-state index contributed by atoms with van der Waals surface area (Å²) in [5.74, 6) is -0.595. The monoisotopic (exact) mass is 463 g/mol. The minimum atomic E-state index is -3.36. The normalized spacial score (nSPS) is 12.1. The van der Waals surface area contributed by atoms with Gasteiger partial charge in [-0.1, -0.05) is 29.5 Å². The van der Waals surface area contributed by atoms with Crippen molar-refractivity contribution in [3.63, 3.8) is 0 Å². The van der Waals surface area contributed by atoms with Crippen LogP contribution in [0.15, 0.2) is 47.4 Å². The summed E-state index contributed by atoms with van der Waals surface area (Å²) in [6, 6.07) is 11.2. The van der Waals surface area contributed by atoms with E-state index in [0.717, 1.165) is 0 Å². The van der Waals surface area contributed by atoms with E-state index in [0.29, 0.717) is 28.5 Å². The van der Waals surface area contributed by atoms with Crippen LogP contribution in [-0.2, 0) is 21.1 Å². The Morgan fingerprint density at radius 3 is 2.35 bits per heavy atom. The first-order valence-corrected chi connectivity index (χ1v) is 12.3. The Balaban J connectivity index is 1.85. The fourth-order valence-corrected chi connectivity index (χ4v) is 5.07. The molecule has 31 heavy (non-hydrogen) atoms. The molecule has 0 atom stereocenters. The minimum absolute atomic E-state index is 0.0911. The number of hydrogen-bond donors (Lipinski definition) is 0. The molecule has 6 nitrogen and oxygen atoms in total. The van der Waals surface area contributed by atoms with Crippen LogP contribution >= 0.6 is 11.3 Å². The number of aromatic nitrogens is 1. The van der Waals surface area contributed by atoms with Crippen molar-refractivity contribution in [2.45, 2.75) is 30.4 Å². The molecule has 0 saturated heterocycles. The number of carbonyl (C=O) groups excluding carboxylic acids is 1. The summed E-state index contributed by atoms with van der Waals surface area (Å²) in [6.45, 7) is 4.30. The number of rotatable bonds is 8. The lowest BCUT2D eigenvalue weighted by molar-refractivity contribution is -0.118. The van der Waals surface area contributed by atoms with Gasteiger partial charge in [0.05, 0.1) is 21.3 Å². The van der Waals surface area contributed by atoms with Gasteiger partial charge < -0.3 is 4.90 Å². The lowest BCUT2D eigenvalue weighted by atomic mass is 10.1. The van der Waals surface area contributed by atoms with E-state index in [1.807, 2.05) is 19.0 Å². The molecule has 2 aromatic carbocycles. The molecule has 0 fully saturated rings. The predicted molar refractivity (Wildman–Crippen MR) is 123 cm³/mol. The molecular weight excluding hydrogens is 437 g/mol. The highest BCUT2D eigenvalue weighted by Crippen LogP contribution is 2.30. The van der Waals surface area contributed by atoms with Crippen molar-refractivity contribution in [2.24, 2.45) is 0 Å². The average Bonchev–Trinajstić information content (AvgIpc) is 3.13. The van der Waals surface area contributed by atoms with Crippen molar-refractivity contribution in [1.29, 1.82) is 0 Å². The zero-order valence-corrected chi connectivity index (χ0v) is 19.6. The minimum Gasteiger partial charge on any atom is -0.308 e. The zero-order chi connectivity index (χ0) is 22.8. The van der Waals surface area contributed by atoms with Gasteiger partial charge >= 0.3 is 0 Å². The Bertz CT molecular complexity index is 1170. The maximum absolute atomic E-state index is 14.1. The van der Waals surface area contributed by atoms with Crippen LogP contribution in [0.5, 0.6) is 0 Å². The van der Waals surface area contributed by atoms with Gasteiger partial charge in [0.15, 0.2) is 15.0 Å². The number of halogens is 1. The van der Waals surface area contributed by atoms with Crippen LogP contribution in [0.2, 0.25) is 0 Å². The first-order chi connectivity index (χ1) is 14.6. The van der Waals surface area contributed by atoms with Gasteiger partial charge in [0.25, 0.3) is 0 Å². The highest BCUT2D eigenvalue weighted by atomic mass is 32.2. The summed E-state index contributed by atoms with van der Waals surface area (Å²) in [5.41, 5.74) is 0.961. The molecule has 166 valence electrons. The number of carbonyl (C=O) groups is 1. The quantitative estimate of drug-likeness (QED) is 0.509. The summed E-state index contributed by atoms with van der Waals surface area (Å²) in [7, 11) is 0.459. The zero-order valence-electron chi connectivity index (χ0n) is 18.0.